The zero-order valence-corrected chi connectivity index (χ0v) is 14.0. The van der Waals surface area contributed by atoms with Crippen molar-refractivity contribution < 1.29 is 13.9 Å². The molecule has 0 amide bonds. The minimum Gasteiger partial charge on any atom is -0.547 e. The van der Waals surface area contributed by atoms with Gasteiger partial charge < -0.3 is 13.9 Å². The Morgan fingerprint density at radius 2 is 1.74 bits per heavy atom. The Kier molecular flexibility index (Phi) is 4.43. The van der Waals surface area contributed by atoms with Crippen molar-refractivity contribution in [2.24, 2.45) is 0 Å². The lowest BCUT2D eigenvalue weighted by Gasteiger charge is -2.33. The Balaban J connectivity index is 2.01. The largest absolute Gasteiger partial charge is 0.547 e. The summed E-state index contributed by atoms with van der Waals surface area (Å²) >= 11 is 0. The van der Waals surface area contributed by atoms with E-state index in [4.69, 9.17) is 13.9 Å². The van der Waals surface area contributed by atoms with E-state index in [0.29, 0.717) is 0 Å². The summed E-state index contributed by atoms with van der Waals surface area (Å²) in [5, 5.41) is 0. The fraction of sp³-hybridized carbons (Fsp3) is 0.867. The van der Waals surface area contributed by atoms with Crippen LogP contribution in [0, 0.1) is 0 Å². The SMILES string of the molecule is CC[Si](CC)(CC)OC1=CC[C@@H]2OC(C)(C)O[C@@H]2C1. The van der Waals surface area contributed by atoms with Crippen molar-refractivity contribution >= 4 is 8.32 Å². The van der Waals surface area contributed by atoms with E-state index in [2.05, 4.69) is 26.8 Å². The van der Waals surface area contributed by atoms with Crippen LogP contribution in [0.3, 0.4) is 0 Å². The smallest absolute Gasteiger partial charge is 0.250 e. The van der Waals surface area contributed by atoms with Gasteiger partial charge in [0.05, 0.1) is 18.0 Å². The maximum Gasteiger partial charge on any atom is 0.250 e. The first-order chi connectivity index (χ1) is 8.93. The number of ether oxygens (including phenoxy) is 2. The van der Waals surface area contributed by atoms with E-state index in [1.165, 1.54) is 18.1 Å². The van der Waals surface area contributed by atoms with Crippen molar-refractivity contribution in [3.8, 4) is 0 Å². The van der Waals surface area contributed by atoms with Crippen LogP contribution in [0.15, 0.2) is 11.8 Å². The van der Waals surface area contributed by atoms with E-state index in [-0.39, 0.29) is 12.2 Å². The molecule has 0 aromatic carbocycles. The topological polar surface area (TPSA) is 27.7 Å². The maximum atomic E-state index is 6.47. The fourth-order valence-corrected chi connectivity index (χ4v) is 5.79. The molecule has 0 unspecified atom stereocenters. The minimum absolute atomic E-state index is 0.173. The summed E-state index contributed by atoms with van der Waals surface area (Å²) in [4.78, 5) is 0. The second-order valence-electron chi connectivity index (χ2n) is 6.17. The van der Waals surface area contributed by atoms with Crippen molar-refractivity contribution in [1.82, 2.24) is 0 Å². The molecule has 110 valence electrons. The van der Waals surface area contributed by atoms with E-state index in [9.17, 15) is 0 Å². The molecule has 0 N–H and O–H groups in total. The van der Waals surface area contributed by atoms with Gasteiger partial charge in [-0.2, -0.15) is 0 Å². The van der Waals surface area contributed by atoms with Crippen LogP contribution in [-0.2, 0) is 13.9 Å². The molecule has 2 atom stereocenters. The van der Waals surface area contributed by atoms with Crippen molar-refractivity contribution in [1.29, 1.82) is 0 Å². The van der Waals surface area contributed by atoms with Crippen molar-refractivity contribution in [3.63, 3.8) is 0 Å². The maximum absolute atomic E-state index is 6.47. The molecule has 1 heterocycles. The molecule has 0 aromatic heterocycles. The predicted molar refractivity (Wildman–Crippen MR) is 79.4 cm³/mol. The standard InChI is InChI=1S/C15H28O3Si/c1-6-19(7-2,8-3)18-12-9-10-13-14(11-12)17-15(4,5)16-13/h9,13-14H,6-8,10-11H2,1-5H3/t13-,14+/m0/s1. The molecular weight excluding hydrogens is 256 g/mol. The molecule has 0 aromatic rings. The first-order valence-corrected chi connectivity index (χ1v) is 10.2. The average Bonchev–Trinajstić information content (AvgIpc) is 2.69. The minimum atomic E-state index is -1.55. The highest BCUT2D eigenvalue weighted by molar-refractivity contribution is 6.73. The van der Waals surface area contributed by atoms with E-state index >= 15 is 0 Å². The van der Waals surface area contributed by atoms with E-state index in [1.54, 1.807) is 0 Å². The summed E-state index contributed by atoms with van der Waals surface area (Å²) in [6.45, 7) is 10.8. The van der Waals surface area contributed by atoms with Gasteiger partial charge in [-0.15, -0.1) is 0 Å². The van der Waals surface area contributed by atoms with Crippen LogP contribution in [0.25, 0.3) is 0 Å². The molecule has 3 nitrogen and oxygen atoms in total. The predicted octanol–water partition coefficient (Wildman–Crippen LogP) is 4.21. The summed E-state index contributed by atoms with van der Waals surface area (Å²) in [6.07, 6.45) is 4.42. The highest BCUT2D eigenvalue weighted by atomic mass is 28.4. The molecule has 2 aliphatic rings. The Bertz CT molecular complexity index is 339. The molecule has 4 heteroatoms. The Hall–Kier alpha value is -0.323. The molecule has 19 heavy (non-hydrogen) atoms. The second-order valence-corrected chi connectivity index (χ2v) is 10.9. The van der Waals surface area contributed by atoms with Gasteiger partial charge in [0, 0.05) is 6.42 Å². The van der Waals surface area contributed by atoms with Gasteiger partial charge in [0.15, 0.2) is 5.79 Å². The molecule has 1 saturated heterocycles. The van der Waals surface area contributed by atoms with E-state index in [1.807, 2.05) is 13.8 Å². The molecular formula is C15H28O3Si. The van der Waals surface area contributed by atoms with E-state index in [0.717, 1.165) is 18.6 Å². The van der Waals surface area contributed by atoms with Crippen LogP contribution in [0.2, 0.25) is 18.1 Å². The lowest BCUT2D eigenvalue weighted by atomic mass is 10.0. The summed E-state index contributed by atoms with van der Waals surface area (Å²) in [5.74, 6) is 0.715. The van der Waals surface area contributed by atoms with Crippen LogP contribution in [0.1, 0.15) is 47.5 Å². The molecule has 0 saturated carbocycles. The van der Waals surface area contributed by atoms with Crippen LogP contribution < -0.4 is 0 Å². The second kappa shape index (κ2) is 5.58. The van der Waals surface area contributed by atoms with Gasteiger partial charge in [-0.3, -0.25) is 0 Å². The molecule has 0 bridgehead atoms. The normalized spacial score (nSPS) is 29.8. The molecule has 1 aliphatic heterocycles. The van der Waals surface area contributed by atoms with E-state index < -0.39 is 14.1 Å². The van der Waals surface area contributed by atoms with Gasteiger partial charge in [0.25, 0.3) is 0 Å². The van der Waals surface area contributed by atoms with Gasteiger partial charge in [-0.1, -0.05) is 20.8 Å². The first kappa shape index (κ1) is 15.1. The van der Waals surface area contributed by atoms with Crippen LogP contribution in [0.4, 0.5) is 0 Å². The Morgan fingerprint density at radius 3 is 2.32 bits per heavy atom. The third-order valence-electron chi connectivity index (χ3n) is 4.55. The average molecular weight is 284 g/mol. The van der Waals surface area contributed by atoms with Crippen LogP contribution >= 0.6 is 0 Å². The summed E-state index contributed by atoms with van der Waals surface area (Å²) in [6, 6.07) is 3.57. The van der Waals surface area contributed by atoms with Crippen LogP contribution in [0.5, 0.6) is 0 Å². The summed E-state index contributed by atoms with van der Waals surface area (Å²) < 4.78 is 18.3. The van der Waals surface area contributed by atoms with Gasteiger partial charge in [-0.25, -0.2) is 0 Å². The van der Waals surface area contributed by atoms with Crippen molar-refractivity contribution in [2.45, 2.75) is 83.6 Å². The first-order valence-electron chi connectivity index (χ1n) is 7.67. The fourth-order valence-electron chi connectivity index (χ4n) is 3.14. The number of hydrogen-bond acceptors (Lipinski definition) is 3. The van der Waals surface area contributed by atoms with Gasteiger partial charge in [0.2, 0.25) is 8.32 Å². The Morgan fingerprint density at radius 1 is 1.16 bits per heavy atom. The zero-order chi connectivity index (χ0) is 14.1. The Labute approximate surface area is 118 Å². The van der Waals surface area contributed by atoms with Crippen molar-refractivity contribution in [2.75, 3.05) is 0 Å². The zero-order valence-electron chi connectivity index (χ0n) is 13.0. The third-order valence-corrected chi connectivity index (χ3v) is 9.11. The highest BCUT2D eigenvalue weighted by Crippen LogP contribution is 2.38. The van der Waals surface area contributed by atoms with Crippen molar-refractivity contribution in [3.05, 3.63) is 11.8 Å². The number of hydrogen-bond donors (Lipinski definition) is 0. The molecule has 1 fully saturated rings. The third kappa shape index (κ3) is 3.23. The highest BCUT2D eigenvalue weighted by Gasteiger charge is 2.44. The molecule has 1 aliphatic carbocycles. The van der Waals surface area contributed by atoms with Crippen LogP contribution in [-0.4, -0.2) is 26.3 Å². The molecule has 0 radical (unpaired) electrons. The van der Waals surface area contributed by atoms with Gasteiger partial charge in [0.1, 0.15) is 0 Å². The van der Waals surface area contributed by atoms with Gasteiger partial charge in [-0.05, 0) is 44.5 Å². The lowest BCUT2D eigenvalue weighted by molar-refractivity contribution is -0.145. The monoisotopic (exact) mass is 284 g/mol. The quantitative estimate of drug-likeness (QED) is 0.708. The number of fused-ring (bicyclic) bond motifs is 1. The summed E-state index contributed by atoms with van der Waals surface area (Å²) in [5.41, 5.74) is 0. The lowest BCUT2D eigenvalue weighted by Crippen LogP contribution is -2.37. The summed E-state index contributed by atoms with van der Waals surface area (Å²) in [7, 11) is -1.55. The molecule has 0 spiro atoms. The molecule has 2 rings (SSSR count). The number of rotatable bonds is 5. The van der Waals surface area contributed by atoms with Gasteiger partial charge >= 0.3 is 0 Å².